The molecule has 0 radical (unpaired) electrons. The Balaban J connectivity index is 1.62. The minimum absolute atomic E-state index is 0.00815. The number of hydrogen-bond acceptors (Lipinski definition) is 4. The predicted molar refractivity (Wildman–Crippen MR) is 83.9 cm³/mol. The van der Waals surface area contributed by atoms with Gasteiger partial charge in [-0.3, -0.25) is 9.69 Å². The number of aromatic nitrogens is 1. The molecule has 0 amide bonds. The van der Waals surface area contributed by atoms with Crippen LogP contribution in [0.4, 0.5) is 0 Å². The summed E-state index contributed by atoms with van der Waals surface area (Å²) in [7, 11) is 0. The highest BCUT2D eigenvalue weighted by Gasteiger charge is 2.34. The van der Waals surface area contributed by atoms with Gasteiger partial charge in [-0.1, -0.05) is 18.2 Å². The predicted octanol–water partition coefficient (Wildman–Crippen LogP) is 1.52. The van der Waals surface area contributed by atoms with Crippen LogP contribution >= 0.6 is 0 Å². The number of ether oxygens (including phenoxy) is 2. The lowest BCUT2D eigenvalue weighted by Crippen LogP contribution is -2.55. The van der Waals surface area contributed by atoms with Crippen molar-refractivity contribution in [1.29, 1.82) is 0 Å². The van der Waals surface area contributed by atoms with Gasteiger partial charge < -0.3 is 14.5 Å². The normalized spacial score (nSPS) is 26.0. The van der Waals surface area contributed by atoms with Crippen molar-refractivity contribution in [3.05, 3.63) is 46.2 Å². The van der Waals surface area contributed by atoms with E-state index in [4.69, 9.17) is 9.47 Å². The van der Waals surface area contributed by atoms with Gasteiger partial charge in [-0.05, 0) is 23.9 Å². The molecule has 5 heteroatoms. The number of nitrogens with zero attached hydrogens (tertiary/aromatic N) is 1. The van der Waals surface area contributed by atoms with Gasteiger partial charge in [0.15, 0.2) is 0 Å². The van der Waals surface area contributed by atoms with Gasteiger partial charge in [0.1, 0.15) is 0 Å². The molecule has 0 aliphatic carbocycles. The molecule has 2 fully saturated rings. The van der Waals surface area contributed by atoms with Crippen LogP contribution < -0.4 is 5.56 Å². The zero-order valence-electron chi connectivity index (χ0n) is 12.5. The molecule has 22 heavy (non-hydrogen) atoms. The van der Waals surface area contributed by atoms with Crippen molar-refractivity contribution >= 4 is 10.9 Å². The topological polar surface area (TPSA) is 54.6 Å². The SMILES string of the molecule is O=c1[nH]c2ccccc2cc1CN1CCO[C@H]2COCC[C@H]21. The van der Waals surface area contributed by atoms with E-state index in [-0.39, 0.29) is 11.7 Å². The molecular formula is C17H20N2O3. The van der Waals surface area contributed by atoms with Gasteiger partial charge in [0.25, 0.3) is 5.56 Å². The highest BCUT2D eigenvalue weighted by atomic mass is 16.5. The zero-order chi connectivity index (χ0) is 14.9. The Morgan fingerprint density at radius 3 is 3.14 bits per heavy atom. The molecule has 3 heterocycles. The summed E-state index contributed by atoms with van der Waals surface area (Å²) in [6.45, 7) is 3.68. The summed E-state index contributed by atoms with van der Waals surface area (Å²) in [4.78, 5) is 17.7. The molecule has 0 saturated carbocycles. The first-order valence-electron chi connectivity index (χ1n) is 7.85. The molecule has 1 aromatic carbocycles. The minimum Gasteiger partial charge on any atom is -0.379 e. The highest BCUT2D eigenvalue weighted by Crippen LogP contribution is 2.23. The smallest absolute Gasteiger partial charge is 0.252 e. The highest BCUT2D eigenvalue weighted by molar-refractivity contribution is 5.78. The fourth-order valence-electron chi connectivity index (χ4n) is 3.49. The zero-order valence-corrected chi connectivity index (χ0v) is 12.5. The monoisotopic (exact) mass is 300 g/mol. The number of benzene rings is 1. The minimum atomic E-state index is 0.00815. The Hall–Kier alpha value is -1.69. The summed E-state index contributed by atoms with van der Waals surface area (Å²) in [6.07, 6.45) is 1.11. The second-order valence-electron chi connectivity index (χ2n) is 6.02. The van der Waals surface area contributed by atoms with Crippen LogP contribution in [0.2, 0.25) is 0 Å². The molecule has 1 aromatic heterocycles. The molecule has 0 bridgehead atoms. The van der Waals surface area contributed by atoms with Crippen LogP contribution in [-0.2, 0) is 16.0 Å². The number of hydrogen-bond donors (Lipinski definition) is 1. The molecule has 5 nitrogen and oxygen atoms in total. The van der Waals surface area contributed by atoms with E-state index in [1.54, 1.807) is 0 Å². The molecule has 116 valence electrons. The fourth-order valence-corrected chi connectivity index (χ4v) is 3.49. The average molecular weight is 300 g/mol. The number of fused-ring (bicyclic) bond motifs is 2. The molecule has 2 aromatic rings. The van der Waals surface area contributed by atoms with E-state index in [0.717, 1.165) is 36.0 Å². The summed E-state index contributed by atoms with van der Waals surface area (Å²) >= 11 is 0. The van der Waals surface area contributed by atoms with E-state index in [1.165, 1.54) is 0 Å². The third-order valence-electron chi connectivity index (χ3n) is 4.65. The second kappa shape index (κ2) is 5.83. The van der Waals surface area contributed by atoms with Crippen LogP contribution in [0.1, 0.15) is 12.0 Å². The number of nitrogens with one attached hydrogen (secondary N) is 1. The van der Waals surface area contributed by atoms with Crippen molar-refractivity contribution in [2.24, 2.45) is 0 Å². The van der Waals surface area contributed by atoms with Crippen molar-refractivity contribution < 1.29 is 9.47 Å². The maximum Gasteiger partial charge on any atom is 0.252 e. The van der Waals surface area contributed by atoms with E-state index in [2.05, 4.69) is 9.88 Å². The molecule has 0 spiro atoms. The molecule has 2 atom stereocenters. The Labute approximate surface area is 128 Å². The van der Waals surface area contributed by atoms with E-state index < -0.39 is 0 Å². The van der Waals surface area contributed by atoms with Gasteiger partial charge in [0, 0.05) is 36.8 Å². The first kappa shape index (κ1) is 13.9. The summed E-state index contributed by atoms with van der Waals surface area (Å²) in [5.74, 6) is 0. The molecular weight excluding hydrogens is 280 g/mol. The average Bonchev–Trinajstić information content (AvgIpc) is 2.56. The Kier molecular flexibility index (Phi) is 3.70. The van der Waals surface area contributed by atoms with Crippen LogP contribution in [0.15, 0.2) is 35.1 Å². The van der Waals surface area contributed by atoms with Gasteiger partial charge in [-0.25, -0.2) is 0 Å². The number of pyridine rings is 1. The van der Waals surface area contributed by atoms with E-state index in [1.807, 2.05) is 30.3 Å². The number of morpholine rings is 1. The molecule has 0 unspecified atom stereocenters. The number of rotatable bonds is 2. The van der Waals surface area contributed by atoms with Crippen molar-refractivity contribution in [2.45, 2.75) is 25.1 Å². The maximum absolute atomic E-state index is 12.3. The van der Waals surface area contributed by atoms with Gasteiger partial charge in [0.05, 0.1) is 19.3 Å². The van der Waals surface area contributed by atoms with Crippen LogP contribution in [0.25, 0.3) is 10.9 Å². The standard InChI is InChI=1S/C17H20N2O3/c20-17-13(9-12-3-1-2-4-14(12)18-17)10-19-6-8-22-16-11-21-7-5-15(16)19/h1-4,9,15-16H,5-8,10-11H2,(H,18,20)/t15-,16+/m1/s1. The molecule has 4 rings (SSSR count). The summed E-state index contributed by atoms with van der Waals surface area (Å²) in [6, 6.07) is 10.3. The Bertz CT molecular complexity index is 725. The first-order valence-corrected chi connectivity index (χ1v) is 7.85. The van der Waals surface area contributed by atoms with E-state index in [9.17, 15) is 4.79 Å². The third kappa shape index (κ3) is 2.56. The van der Waals surface area contributed by atoms with Crippen LogP contribution in [0, 0.1) is 0 Å². The Morgan fingerprint density at radius 1 is 1.27 bits per heavy atom. The van der Waals surface area contributed by atoms with Crippen LogP contribution in [-0.4, -0.2) is 48.4 Å². The van der Waals surface area contributed by atoms with Gasteiger partial charge in [-0.15, -0.1) is 0 Å². The van der Waals surface area contributed by atoms with Gasteiger partial charge >= 0.3 is 0 Å². The number of para-hydroxylation sites is 1. The quantitative estimate of drug-likeness (QED) is 0.913. The lowest BCUT2D eigenvalue weighted by molar-refractivity contribution is -0.137. The third-order valence-corrected chi connectivity index (χ3v) is 4.65. The summed E-state index contributed by atoms with van der Waals surface area (Å²) < 4.78 is 11.3. The maximum atomic E-state index is 12.3. The molecule has 2 aliphatic heterocycles. The van der Waals surface area contributed by atoms with Crippen molar-refractivity contribution in [3.8, 4) is 0 Å². The van der Waals surface area contributed by atoms with Gasteiger partial charge in [-0.2, -0.15) is 0 Å². The number of H-pyrrole nitrogens is 1. The molecule has 2 aliphatic rings. The summed E-state index contributed by atoms with van der Waals surface area (Å²) in [5, 5.41) is 1.08. The molecule has 2 saturated heterocycles. The van der Waals surface area contributed by atoms with Crippen LogP contribution in [0.3, 0.4) is 0 Å². The molecule has 1 N–H and O–H groups in total. The lowest BCUT2D eigenvalue weighted by Gasteiger charge is -2.43. The second-order valence-corrected chi connectivity index (χ2v) is 6.02. The fraction of sp³-hybridized carbons (Fsp3) is 0.471. The van der Waals surface area contributed by atoms with E-state index >= 15 is 0 Å². The first-order chi connectivity index (χ1) is 10.8. The van der Waals surface area contributed by atoms with Crippen molar-refractivity contribution in [2.75, 3.05) is 26.4 Å². The Morgan fingerprint density at radius 2 is 2.18 bits per heavy atom. The largest absolute Gasteiger partial charge is 0.379 e. The van der Waals surface area contributed by atoms with E-state index in [0.29, 0.717) is 25.8 Å². The van der Waals surface area contributed by atoms with Crippen molar-refractivity contribution in [1.82, 2.24) is 9.88 Å². The lowest BCUT2D eigenvalue weighted by atomic mass is 10.0. The summed E-state index contributed by atoms with van der Waals surface area (Å²) in [5.41, 5.74) is 1.72. The van der Waals surface area contributed by atoms with Crippen molar-refractivity contribution in [3.63, 3.8) is 0 Å². The number of aromatic amines is 1. The van der Waals surface area contributed by atoms with Gasteiger partial charge in [0.2, 0.25) is 0 Å². The van der Waals surface area contributed by atoms with Crippen LogP contribution in [0.5, 0.6) is 0 Å².